The van der Waals surface area contributed by atoms with Crippen LogP contribution in [0.5, 0.6) is 11.5 Å². The highest BCUT2D eigenvalue weighted by Gasteiger charge is 2.29. The number of carbonyl (C=O) groups is 1. The molecule has 1 unspecified atom stereocenters. The topological polar surface area (TPSA) is 66.8 Å². The lowest BCUT2D eigenvalue weighted by Gasteiger charge is -2.27. The van der Waals surface area contributed by atoms with Crippen molar-refractivity contribution in [3.8, 4) is 11.5 Å². The summed E-state index contributed by atoms with van der Waals surface area (Å²) >= 11 is 0. The van der Waals surface area contributed by atoms with Gasteiger partial charge in [0.05, 0.1) is 0 Å². The van der Waals surface area contributed by atoms with E-state index in [1.165, 1.54) is 5.57 Å². The fourth-order valence-corrected chi connectivity index (χ4v) is 2.48. The Kier molecular flexibility index (Phi) is 6.24. The Morgan fingerprint density at radius 3 is 2.21 bits per heavy atom. The third-order valence-corrected chi connectivity index (χ3v) is 4.40. The second-order valence-corrected chi connectivity index (χ2v) is 6.67. The Balaban J connectivity index is 3.14. The number of aromatic hydroxyl groups is 2. The van der Waals surface area contributed by atoms with Gasteiger partial charge in [0.1, 0.15) is 22.7 Å². The largest absolute Gasteiger partial charge is 0.507 e. The second kappa shape index (κ2) is 7.56. The van der Waals surface area contributed by atoms with Gasteiger partial charge < -0.3 is 14.9 Å². The zero-order valence-corrected chi connectivity index (χ0v) is 15.5. The standard InChI is InChI=1S/C20H28O4/c1-8-20(7,11-9-10-12(2)3)24-19(23)16-13(4)14(5)17(21)15(6)18(16)22/h8,10,21-22H,1,9,11H2,2-7H3. The van der Waals surface area contributed by atoms with E-state index in [1.807, 2.05) is 13.8 Å². The summed E-state index contributed by atoms with van der Waals surface area (Å²) in [6.45, 7) is 14.5. The highest BCUT2D eigenvalue weighted by atomic mass is 16.6. The van der Waals surface area contributed by atoms with Gasteiger partial charge in [-0.2, -0.15) is 0 Å². The Morgan fingerprint density at radius 2 is 1.71 bits per heavy atom. The van der Waals surface area contributed by atoms with Crippen LogP contribution in [-0.2, 0) is 4.74 Å². The van der Waals surface area contributed by atoms with Crippen LogP contribution in [0.3, 0.4) is 0 Å². The number of carbonyl (C=O) groups excluding carboxylic acids is 1. The van der Waals surface area contributed by atoms with Crippen LogP contribution in [0.25, 0.3) is 0 Å². The fourth-order valence-electron chi connectivity index (χ4n) is 2.48. The Morgan fingerprint density at radius 1 is 1.12 bits per heavy atom. The summed E-state index contributed by atoms with van der Waals surface area (Å²) < 4.78 is 5.64. The first-order valence-electron chi connectivity index (χ1n) is 8.06. The van der Waals surface area contributed by atoms with Crippen LogP contribution in [0.1, 0.15) is 60.7 Å². The maximum atomic E-state index is 12.6. The minimum absolute atomic E-state index is 0.00316. The van der Waals surface area contributed by atoms with Gasteiger partial charge in [-0.1, -0.05) is 18.2 Å². The highest BCUT2D eigenvalue weighted by Crippen LogP contribution is 2.37. The lowest BCUT2D eigenvalue weighted by Crippen LogP contribution is -2.29. The summed E-state index contributed by atoms with van der Waals surface area (Å²) in [6.07, 6.45) is 5.05. The van der Waals surface area contributed by atoms with Crippen molar-refractivity contribution in [2.75, 3.05) is 0 Å². The van der Waals surface area contributed by atoms with Gasteiger partial charge in [0.25, 0.3) is 0 Å². The molecule has 0 radical (unpaired) electrons. The van der Waals surface area contributed by atoms with Crippen molar-refractivity contribution in [3.63, 3.8) is 0 Å². The molecule has 0 heterocycles. The molecule has 1 rings (SSSR count). The van der Waals surface area contributed by atoms with E-state index < -0.39 is 11.6 Å². The fraction of sp³-hybridized carbons (Fsp3) is 0.450. The van der Waals surface area contributed by atoms with Crippen molar-refractivity contribution < 1.29 is 19.7 Å². The van der Waals surface area contributed by atoms with E-state index in [1.54, 1.807) is 33.8 Å². The van der Waals surface area contributed by atoms with Crippen LogP contribution >= 0.6 is 0 Å². The van der Waals surface area contributed by atoms with Crippen LogP contribution in [-0.4, -0.2) is 21.8 Å². The second-order valence-electron chi connectivity index (χ2n) is 6.67. The molecule has 0 spiro atoms. The molecule has 132 valence electrons. The molecule has 24 heavy (non-hydrogen) atoms. The molecular formula is C20H28O4. The first-order valence-corrected chi connectivity index (χ1v) is 8.06. The van der Waals surface area contributed by atoms with E-state index >= 15 is 0 Å². The van der Waals surface area contributed by atoms with Gasteiger partial charge in [0.15, 0.2) is 0 Å². The average Bonchev–Trinajstić information content (AvgIpc) is 2.50. The van der Waals surface area contributed by atoms with Crippen LogP contribution in [0, 0.1) is 20.8 Å². The van der Waals surface area contributed by atoms with E-state index in [0.717, 1.165) is 6.42 Å². The number of phenols is 2. The summed E-state index contributed by atoms with van der Waals surface area (Å²) in [7, 11) is 0. The molecular weight excluding hydrogens is 304 g/mol. The van der Waals surface area contributed by atoms with Crippen molar-refractivity contribution in [2.24, 2.45) is 0 Å². The predicted molar refractivity (Wildman–Crippen MR) is 96.7 cm³/mol. The van der Waals surface area contributed by atoms with Crippen molar-refractivity contribution in [2.45, 2.75) is 60.0 Å². The lowest BCUT2D eigenvalue weighted by atomic mass is 9.96. The van der Waals surface area contributed by atoms with Gasteiger partial charge in [-0.15, -0.1) is 0 Å². The van der Waals surface area contributed by atoms with Gasteiger partial charge in [-0.3, -0.25) is 0 Å². The van der Waals surface area contributed by atoms with Crippen LogP contribution in [0.2, 0.25) is 0 Å². The third-order valence-electron chi connectivity index (χ3n) is 4.40. The number of esters is 1. The molecule has 1 aromatic carbocycles. The molecule has 1 atom stereocenters. The molecule has 4 nitrogen and oxygen atoms in total. The molecule has 0 saturated heterocycles. The van der Waals surface area contributed by atoms with Crippen molar-refractivity contribution in [1.82, 2.24) is 0 Å². The number of hydrogen-bond donors (Lipinski definition) is 2. The lowest BCUT2D eigenvalue weighted by molar-refractivity contribution is 0.00796. The third kappa shape index (κ3) is 4.19. The zero-order valence-electron chi connectivity index (χ0n) is 15.5. The van der Waals surface area contributed by atoms with Crippen LogP contribution < -0.4 is 0 Å². The predicted octanol–water partition coefficient (Wildman–Crippen LogP) is 4.87. The SMILES string of the molecule is C=CC(C)(CCC=C(C)C)OC(=O)c1c(C)c(C)c(O)c(C)c1O. The molecule has 4 heteroatoms. The molecule has 0 aromatic heterocycles. The van der Waals surface area contributed by atoms with Gasteiger partial charge in [-0.25, -0.2) is 4.79 Å². The maximum absolute atomic E-state index is 12.6. The molecule has 0 aliphatic carbocycles. The smallest absolute Gasteiger partial charge is 0.343 e. The molecule has 0 bridgehead atoms. The molecule has 2 N–H and O–H groups in total. The van der Waals surface area contributed by atoms with E-state index in [2.05, 4.69) is 12.7 Å². The van der Waals surface area contributed by atoms with Crippen LogP contribution in [0.4, 0.5) is 0 Å². The molecule has 0 saturated carbocycles. The molecule has 0 amide bonds. The molecule has 1 aromatic rings. The Hall–Kier alpha value is -2.23. The summed E-state index contributed by atoms with van der Waals surface area (Å²) in [5.74, 6) is -0.858. The first-order chi connectivity index (χ1) is 11.0. The Bertz CT molecular complexity index is 652. The number of phenolic OH excluding ortho intramolecular Hbond substituents is 2. The zero-order chi connectivity index (χ0) is 18.7. The molecule has 0 aliphatic heterocycles. The Labute approximate surface area is 144 Å². The first kappa shape index (κ1) is 19.8. The summed E-state index contributed by atoms with van der Waals surface area (Å²) in [6, 6.07) is 0. The average molecular weight is 332 g/mol. The maximum Gasteiger partial charge on any atom is 0.343 e. The van der Waals surface area contributed by atoms with Crippen LogP contribution in [0.15, 0.2) is 24.3 Å². The van der Waals surface area contributed by atoms with Gasteiger partial charge in [0, 0.05) is 5.56 Å². The monoisotopic (exact) mass is 332 g/mol. The minimum Gasteiger partial charge on any atom is -0.507 e. The van der Waals surface area contributed by atoms with Crippen molar-refractivity contribution in [3.05, 3.63) is 46.6 Å². The van der Waals surface area contributed by atoms with E-state index in [9.17, 15) is 15.0 Å². The van der Waals surface area contributed by atoms with E-state index in [-0.39, 0.29) is 22.6 Å². The van der Waals surface area contributed by atoms with Gasteiger partial charge >= 0.3 is 5.97 Å². The number of hydrogen-bond acceptors (Lipinski definition) is 4. The van der Waals surface area contributed by atoms with Crippen molar-refractivity contribution >= 4 is 5.97 Å². The normalized spacial score (nSPS) is 13.1. The molecule has 0 aliphatic rings. The van der Waals surface area contributed by atoms with E-state index in [0.29, 0.717) is 17.5 Å². The quantitative estimate of drug-likeness (QED) is 0.576. The molecule has 0 fully saturated rings. The number of benzene rings is 1. The van der Waals surface area contributed by atoms with Crippen molar-refractivity contribution in [1.29, 1.82) is 0 Å². The number of rotatable bonds is 6. The minimum atomic E-state index is -0.832. The number of allylic oxidation sites excluding steroid dienone is 2. The van der Waals surface area contributed by atoms with Gasteiger partial charge in [-0.05, 0) is 71.6 Å². The summed E-state index contributed by atoms with van der Waals surface area (Å²) in [5.41, 5.74) is 1.80. The summed E-state index contributed by atoms with van der Waals surface area (Å²) in [5, 5.41) is 20.3. The highest BCUT2D eigenvalue weighted by molar-refractivity contribution is 5.96. The number of ether oxygens (including phenoxy) is 1. The van der Waals surface area contributed by atoms with Gasteiger partial charge in [0.2, 0.25) is 0 Å². The van der Waals surface area contributed by atoms with E-state index in [4.69, 9.17) is 4.74 Å². The summed E-state index contributed by atoms with van der Waals surface area (Å²) in [4.78, 5) is 12.6.